The second kappa shape index (κ2) is 13.2. The highest BCUT2D eigenvalue weighted by Gasteiger charge is 2.39. The van der Waals surface area contributed by atoms with Gasteiger partial charge in [-0.15, -0.1) is 0 Å². The molecule has 5 heteroatoms. The van der Waals surface area contributed by atoms with E-state index in [0.717, 1.165) is 32.2 Å². The highest BCUT2D eigenvalue weighted by molar-refractivity contribution is 4.93. The van der Waals surface area contributed by atoms with E-state index in [4.69, 9.17) is 9.47 Å². The summed E-state index contributed by atoms with van der Waals surface area (Å²) >= 11 is 0. The first-order valence-electron chi connectivity index (χ1n) is 15.9. The van der Waals surface area contributed by atoms with E-state index in [1.807, 2.05) is 7.11 Å². The van der Waals surface area contributed by atoms with Gasteiger partial charge in [0.25, 0.3) is 0 Å². The number of hydrogen-bond donors (Lipinski definition) is 0. The molecule has 3 heterocycles. The van der Waals surface area contributed by atoms with Crippen LogP contribution in [0.3, 0.4) is 0 Å². The summed E-state index contributed by atoms with van der Waals surface area (Å²) in [6.07, 6.45) is 10.8. The second-order valence-corrected chi connectivity index (χ2v) is 16.4. The fourth-order valence-corrected chi connectivity index (χ4v) is 7.67. The minimum atomic E-state index is 0.170. The van der Waals surface area contributed by atoms with Gasteiger partial charge in [-0.2, -0.15) is 0 Å². The van der Waals surface area contributed by atoms with Crippen LogP contribution < -0.4 is 0 Å². The molecular weight excluding hydrogens is 470 g/mol. The molecule has 0 aliphatic carbocycles. The molecule has 0 amide bonds. The van der Waals surface area contributed by atoms with Crippen LogP contribution >= 0.6 is 0 Å². The van der Waals surface area contributed by atoms with Crippen molar-refractivity contribution in [3.63, 3.8) is 0 Å². The summed E-state index contributed by atoms with van der Waals surface area (Å²) < 4.78 is 12.5. The number of hydrogen-bond acceptors (Lipinski definition) is 5. The van der Waals surface area contributed by atoms with Gasteiger partial charge in [-0.1, -0.05) is 48.5 Å². The first-order valence-corrected chi connectivity index (χ1v) is 15.9. The van der Waals surface area contributed by atoms with Crippen LogP contribution in [0.2, 0.25) is 0 Å². The Morgan fingerprint density at radius 3 is 2.11 bits per heavy atom. The Labute approximate surface area is 237 Å². The third kappa shape index (κ3) is 9.72. The van der Waals surface area contributed by atoms with Crippen molar-refractivity contribution in [2.75, 3.05) is 46.9 Å². The molecule has 3 aliphatic heterocycles. The summed E-state index contributed by atoms with van der Waals surface area (Å²) in [4.78, 5) is 8.03. The second-order valence-electron chi connectivity index (χ2n) is 16.4. The molecule has 3 saturated heterocycles. The summed E-state index contributed by atoms with van der Waals surface area (Å²) in [5.41, 5.74) is 0.911. The van der Waals surface area contributed by atoms with Crippen LogP contribution in [-0.4, -0.2) is 98.0 Å². The first-order chi connectivity index (χ1) is 17.6. The number of nitrogens with zero attached hydrogens (tertiary/aromatic N) is 3. The highest BCUT2D eigenvalue weighted by atomic mass is 16.5. The van der Waals surface area contributed by atoms with Crippen LogP contribution in [0.5, 0.6) is 0 Å². The number of ether oxygens (including phenoxy) is 2. The van der Waals surface area contributed by atoms with Crippen LogP contribution in [0.1, 0.15) is 114 Å². The molecule has 0 aromatic heterocycles. The molecule has 0 spiro atoms. The van der Waals surface area contributed by atoms with Crippen molar-refractivity contribution in [2.24, 2.45) is 16.2 Å². The fourth-order valence-electron chi connectivity index (χ4n) is 7.67. The van der Waals surface area contributed by atoms with Crippen molar-refractivity contribution in [3.8, 4) is 0 Å². The Morgan fingerprint density at radius 1 is 0.816 bits per heavy atom. The van der Waals surface area contributed by atoms with E-state index in [1.54, 1.807) is 0 Å². The molecule has 38 heavy (non-hydrogen) atoms. The third-order valence-corrected chi connectivity index (χ3v) is 9.77. The van der Waals surface area contributed by atoms with Gasteiger partial charge in [0.2, 0.25) is 0 Å². The van der Waals surface area contributed by atoms with Gasteiger partial charge in [0, 0.05) is 44.4 Å². The largest absolute Gasteiger partial charge is 0.380 e. The van der Waals surface area contributed by atoms with Crippen LogP contribution in [0.15, 0.2) is 0 Å². The predicted molar refractivity (Wildman–Crippen MR) is 162 cm³/mol. The zero-order valence-electron chi connectivity index (χ0n) is 27.3. The molecule has 3 fully saturated rings. The summed E-state index contributed by atoms with van der Waals surface area (Å²) in [5, 5.41) is 0. The van der Waals surface area contributed by atoms with Gasteiger partial charge in [-0.25, -0.2) is 0 Å². The van der Waals surface area contributed by atoms with Gasteiger partial charge in [-0.3, -0.25) is 9.80 Å². The Bertz CT molecular complexity index is 716. The highest BCUT2D eigenvalue weighted by Crippen LogP contribution is 2.37. The Hall–Kier alpha value is -0.200. The Balaban J connectivity index is 1.50. The quantitative estimate of drug-likeness (QED) is 0.262. The van der Waals surface area contributed by atoms with E-state index < -0.39 is 0 Å². The molecule has 0 aromatic rings. The van der Waals surface area contributed by atoms with Gasteiger partial charge in [0.1, 0.15) is 0 Å². The van der Waals surface area contributed by atoms with E-state index in [-0.39, 0.29) is 5.41 Å². The van der Waals surface area contributed by atoms with Crippen molar-refractivity contribution in [1.82, 2.24) is 14.7 Å². The molecule has 5 atom stereocenters. The lowest BCUT2D eigenvalue weighted by Gasteiger charge is -2.37. The average Bonchev–Trinajstić information content (AvgIpc) is 3.48. The summed E-state index contributed by atoms with van der Waals surface area (Å²) in [6.45, 7) is 27.1. The smallest absolute Gasteiger partial charge is 0.0717 e. The lowest BCUT2D eigenvalue weighted by molar-refractivity contribution is -0.00311. The molecule has 0 radical (unpaired) electrons. The van der Waals surface area contributed by atoms with E-state index in [9.17, 15) is 0 Å². The lowest BCUT2D eigenvalue weighted by Crippen LogP contribution is -2.40. The zero-order valence-corrected chi connectivity index (χ0v) is 27.3. The van der Waals surface area contributed by atoms with E-state index in [2.05, 4.69) is 84.1 Å². The van der Waals surface area contributed by atoms with Crippen molar-refractivity contribution >= 4 is 0 Å². The van der Waals surface area contributed by atoms with Crippen LogP contribution in [-0.2, 0) is 9.47 Å². The summed E-state index contributed by atoms with van der Waals surface area (Å²) in [7, 11) is 4.18. The average molecular weight is 536 g/mol. The van der Waals surface area contributed by atoms with Gasteiger partial charge >= 0.3 is 0 Å². The van der Waals surface area contributed by atoms with Gasteiger partial charge in [-0.05, 0) is 102 Å². The predicted octanol–water partition coefficient (Wildman–Crippen LogP) is 6.70. The zero-order chi connectivity index (χ0) is 28.3. The van der Waals surface area contributed by atoms with Crippen LogP contribution in [0, 0.1) is 16.2 Å². The van der Waals surface area contributed by atoms with Crippen molar-refractivity contribution in [1.29, 1.82) is 0 Å². The molecule has 0 unspecified atom stereocenters. The van der Waals surface area contributed by atoms with Crippen LogP contribution in [0.4, 0.5) is 0 Å². The molecule has 0 bridgehead atoms. The molecule has 0 aromatic carbocycles. The topological polar surface area (TPSA) is 28.2 Å². The minimum absolute atomic E-state index is 0.170. The van der Waals surface area contributed by atoms with E-state index >= 15 is 0 Å². The molecule has 0 N–H and O–H groups in total. The number of likely N-dealkylation sites (N-methyl/N-ethyl adjacent to an activating group) is 1. The van der Waals surface area contributed by atoms with E-state index in [1.165, 1.54) is 58.0 Å². The molecule has 3 rings (SSSR count). The van der Waals surface area contributed by atoms with Gasteiger partial charge in [0.15, 0.2) is 0 Å². The monoisotopic (exact) mass is 536 g/mol. The number of rotatable bonds is 13. The van der Waals surface area contributed by atoms with Gasteiger partial charge in [0.05, 0.1) is 18.8 Å². The maximum absolute atomic E-state index is 6.60. The van der Waals surface area contributed by atoms with Crippen LogP contribution in [0.25, 0.3) is 0 Å². The Morgan fingerprint density at radius 2 is 1.47 bits per heavy atom. The van der Waals surface area contributed by atoms with Crippen molar-refractivity contribution in [3.05, 3.63) is 0 Å². The molecule has 0 saturated carbocycles. The molecule has 5 nitrogen and oxygen atoms in total. The first kappa shape index (κ1) is 32.3. The summed E-state index contributed by atoms with van der Waals surface area (Å²) in [5.74, 6) is 0. The minimum Gasteiger partial charge on any atom is -0.380 e. The van der Waals surface area contributed by atoms with Crippen molar-refractivity contribution < 1.29 is 9.47 Å². The fraction of sp³-hybridized carbons (Fsp3) is 1.00. The molecule has 3 aliphatic rings. The normalized spacial score (nSPS) is 30.8. The molecule has 224 valence electrons. The number of likely N-dealkylation sites (tertiary alicyclic amines) is 3. The summed E-state index contributed by atoms with van der Waals surface area (Å²) in [6, 6.07) is 2.67. The SMILES string of the molecule is CO[C@@H]1C[C@@H](CC(C)(C)CO[C@@H]2C[C@@H](CC(C)(C)C)N(C)C2)N(CCC(C)(C)C[C@@H]2CCCN2C(C)C)C1. The Kier molecular flexibility index (Phi) is 11.2. The van der Waals surface area contributed by atoms with E-state index in [0.29, 0.717) is 41.2 Å². The third-order valence-electron chi connectivity index (χ3n) is 9.77. The maximum atomic E-state index is 6.60. The van der Waals surface area contributed by atoms with Crippen molar-refractivity contribution in [2.45, 2.75) is 150 Å². The number of methoxy groups -OCH3 is 1. The lowest BCUT2D eigenvalue weighted by atomic mass is 9.81. The molecular formula is C33H65N3O2. The van der Waals surface area contributed by atoms with Gasteiger partial charge < -0.3 is 14.4 Å². The standard InChI is InChI=1S/C33H65N3O2/c1-25(2)36-15-12-13-26(36)20-32(6,7)14-16-35-23-29(37-11)18-28(35)21-33(8,9)24-38-30-17-27(34(10)22-30)19-31(3,4)5/h25-30H,12-24H2,1-11H3/t26-,27-,28-,29+,30+/m0/s1. The maximum Gasteiger partial charge on any atom is 0.0717 e.